The van der Waals surface area contributed by atoms with Gasteiger partial charge in [-0.05, 0) is 6.92 Å². The molecule has 0 aromatic heterocycles. The van der Waals surface area contributed by atoms with E-state index >= 15 is 0 Å². The Labute approximate surface area is 78.3 Å². The highest BCUT2D eigenvalue weighted by atomic mass is 16.6. The molecule has 0 bridgehead atoms. The number of hydrogen-bond acceptors (Lipinski definition) is 4. The van der Waals surface area contributed by atoms with Gasteiger partial charge in [-0.2, -0.15) is 0 Å². The first kappa shape index (κ1) is 12.2. The fourth-order valence-electron chi connectivity index (χ4n) is 0.734. The summed E-state index contributed by atoms with van der Waals surface area (Å²) < 4.78 is 14.7. The molecule has 0 aromatic carbocycles. The van der Waals surface area contributed by atoms with Crippen LogP contribution in [-0.4, -0.2) is 46.2 Å². The molecule has 0 fully saturated rings. The van der Waals surface area contributed by atoms with Crippen molar-refractivity contribution in [3.05, 3.63) is 0 Å². The zero-order valence-corrected chi connectivity index (χ0v) is 8.33. The number of amides is 1. The third-order valence-corrected chi connectivity index (χ3v) is 1.41. The molecule has 0 aliphatic carbocycles. The second kappa shape index (κ2) is 7.82. The predicted molar refractivity (Wildman–Crippen MR) is 47.7 cm³/mol. The molecule has 1 atom stereocenters. The summed E-state index contributed by atoms with van der Waals surface area (Å²) in [4.78, 5) is 10.8. The van der Waals surface area contributed by atoms with Crippen LogP contribution in [0, 0.1) is 0 Å². The lowest BCUT2D eigenvalue weighted by atomic mass is 10.4. The molecule has 0 heterocycles. The average Bonchev–Trinajstić information content (AvgIpc) is 2.12. The molecule has 0 saturated heterocycles. The molecule has 0 spiro atoms. The molecule has 0 aliphatic heterocycles. The largest absolute Gasteiger partial charge is 0.447 e. The van der Waals surface area contributed by atoms with Crippen molar-refractivity contribution in [2.45, 2.75) is 13.0 Å². The van der Waals surface area contributed by atoms with Gasteiger partial charge >= 0.3 is 6.09 Å². The second-order valence-electron chi connectivity index (χ2n) is 2.44. The Morgan fingerprint density at radius 2 is 2.08 bits per heavy atom. The van der Waals surface area contributed by atoms with Crippen molar-refractivity contribution in [2.75, 3.05) is 34.0 Å². The van der Waals surface area contributed by atoms with Crippen LogP contribution < -0.4 is 5.32 Å². The summed E-state index contributed by atoms with van der Waals surface area (Å²) in [5, 5.41) is 2.51. The van der Waals surface area contributed by atoms with Gasteiger partial charge in [-0.1, -0.05) is 0 Å². The van der Waals surface area contributed by atoms with Crippen molar-refractivity contribution >= 4 is 6.09 Å². The minimum atomic E-state index is -0.430. The van der Waals surface area contributed by atoms with Gasteiger partial charge in [-0.15, -0.1) is 0 Å². The van der Waals surface area contributed by atoms with Crippen LogP contribution in [-0.2, 0) is 14.2 Å². The lowest BCUT2D eigenvalue weighted by Crippen LogP contribution is -2.30. The molecule has 0 saturated carbocycles. The van der Waals surface area contributed by atoms with Crippen LogP contribution in [0.5, 0.6) is 0 Å². The highest BCUT2D eigenvalue weighted by Crippen LogP contribution is 1.92. The first-order valence-electron chi connectivity index (χ1n) is 4.16. The van der Waals surface area contributed by atoms with E-state index in [0.717, 1.165) is 0 Å². The molecular formula is C8H17NO4. The van der Waals surface area contributed by atoms with Crippen molar-refractivity contribution < 1.29 is 19.0 Å². The second-order valence-corrected chi connectivity index (χ2v) is 2.44. The molecule has 0 aliphatic rings. The number of ether oxygens (including phenoxy) is 3. The molecule has 0 radical (unpaired) electrons. The summed E-state index contributed by atoms with van der Waals surface area (Å²) in [6, 6.07) is 0. The Balaban J connectivity index is 3.52. The average molecular weight is 191 g/mol. The molecule has 1 unspecified atom stereocenters. The molecule has 5 heteroatoms. The zero-order valence-electron chi connectivity index (χ0n) is 8.33. The van der Waals surface area contributed by atoms with Crippen LogP contribution in [0.2, 0.25) is 0 Å². The maximum Gasteiger partial charge on any atom is 0.407 e. The highest BCUT2D eigenvalue weighted by Gasteiger charge is 2.09. The Morgan fingerprint density at radius 3 is 2.54 bits per heavy atom. The minimum Gasteiger partial charge on any atom is -0.447 e. The number of carbonyl (C=O) groups excluding carboxylic acids is 1. The Kier molecular flexibility index (Phi) is 7.33. The molecule has 1 N–H and O–H groups in total. The lowest BCUT2D eigenvalue weighted by molar-refractivity contribution is -0.0111. The van der Waals surface area contributed by atoms with Gasteiger partial charge in [0.2, 0.25) is 0 Å². The maximum atomic E-state index is 10.8. The summed E-state index contributed by atoms with van der Waals surface area (Å²) in [6.07, 6.45) is -0.631. The smallest absolute Gasteiger partial charge is 0.407 e. The highest BCUT2D eigenvalue weighted by molar-refractivity contribution is 5.66. The standard InChI is InChI=1S/C8H17NO4/c1-4-9-8(10)13-6-7(12-3)5-11-2/h7H,4-6H2,1-3H3,(H,9,10). The molecule has 13 heavy (non-hydrogen) atoms. The molecule has 0 aromatic rings. The topological polar surface area (TPSA) is 56.8 Å². The summed E-state index contributed by atoms with van der Waals surface area (Å²) in [5.41, 5.74) is 0. The number of nitrogens with one attached hydrogen (secondary N) is 1. The van der Waals surface area contributed by atoms with E-state index in [4.69, 9.17) is 14.2 Å². The summed E-state index contributed by atoms with van der Waals surface area (Å²) >= 11 is 0. The minimum absolute atomic E-state index is 0.201. The van der Waals surface area contributed by atoms with E-state index in [2.05, 4.69) is 5.32 Å². The SMILES string of the molecule is CCNC(=O)OCC(COC)OC. The quantitative estimate of drug-likeness (QED) is 0.660. The molecule has 5 nitrogen and oxygen atoms in total. The number of carbonyl (C=O) groups is 1. The maximum absolute atomic E-state index is 10.8. The summed E-state index contributed by atoms with van der Waals surface area (Å²) in [6.45, 7) is 3.00. The number of methoxy groups -OCH3 is 2. The molecular weight excluding hydrogens is 174 g/mol. The summed E-state index contributed by atoms with van der Waals surface area (Å²) in [7, 11) is 3.11. The van der Waals surface area contributed by atoms with Gasteiger partial charge in [0.15, 0.2) is 0 Å². The van der Waals surface area contributed by atoms with Gasteiger partial charge in [-0.25, -0.2) is 4.79 Å². The lowest BCUT2D eigenvalue weighted by Gasteiger charge is -2.14. The summed E-state index contributed by atoms with van der Waals surface area (Å²) in [5.74, 6) is 0. The van der Waals surface area contributed by atoms with Gasteiger partial charge < -0.3 is 19.5 Å². The van der Waals surface area contributed by atoms with E-state index in [1.54, 1.807) is 14.2 Å². The van der Waals surface area contributed by atoms with Gasteiger partial charge in [0.05, 0.1) is 6.61 Å². The molecule has 0 rings (SSSR count). The van der Waals surface area contributed by atoms with Crippen molar-refractivity contribution in [2.24, 2.45) is 0 Å². The third-order valence-electron chi connectivity index (χ3n) is 1.41. The Hall–Kier alpha value is -0.810. The monoisotopic (exact) mass is 191 g/mol. The number of hydrogen-bond donors (Lipinski definition) is 1. The Morgan fingerprint density at radius 1 is 1.38 bits per heavy atom. The van der Waals surface area contributed by atoms with Gasteiger partial charge in [0.25, 0.3) is 0 Å². The van der Waals surface area contributed by atoms with Crippen molar-refractivity contribution in [1.82, 2.24) is 5.32 Å². The van der Waals surface area contributed by atoms with Gasteiger partial charge in [0, 0.05) is 20.8 Å². The van der Waals surface area contributed by atoms with Gasteiger partial charge in [-0.3, -0.25) is 0 Å². The fourth-order valence-corrected chi connectivity index (χ4v) is 0.734. The van der Waals surface area contributed by atoms with Crippen molar-refractivity contribution in [3.63, 3.8) is 0 Å². The van der Waals surface area contributed by atoms with E-state index in [-0.39, 0.29) is 12.7 Å². The van der Waals surface area contributed by atoms with Crippen LogP contribution in [0.15, 0.2) is 0 Å². The van der Waals surface area contributed by atoms with Crippen LogP contribution >= 0.6 is 0 Å². The van der Waals surface area contributed by atoms with E-state index in [9.17, 15) is 4.79 Å². The van der Waals surface area contributed by atoms with E-state index in [1.807, 2.05) is 6.92 Å². The van der Waals surface area contributed by atoms with E-state index in [0.29, 0.717) is 13.2 Å². The predicted octanol–water partition coefficient (Wildman–Crippen LogP) is 0.394. The van der Waals surface area contributed by atoms with Crippen LogP contribution in [0.4, 0.5) is 4.79 Å². The van der Waals surface area contributed by atoms with E-state index < -0.39 is 6.09 Å². The van der Waals surface area contributed by atoms with Crippen LogP contribution in [0.25, 0.3) is 0 Å². The number of rotatable bonds is 6. The first-order chi connectivity index (χ1) is 6.24. The normalized spacial score (nSPS) is 12.2. The number of alkyl carbamates (subject to hydrolysis) is 1. The third kappa shape index (κ3) is 6.36. The first-order valence-corrected chi connectivity index (χ1v) is 4.16. The van der Waals surface area contributed by atoms with Crippen LogP contribution in [0.1, 0.15) is 6.92 Å². The van der Waals surface area contributed by atoms with Crippen LogP contribution in [0.3, 0.4) is 0 Å². The van der Waals surface area contributed by atoms with Crippen molar-refractivity contribution in [3.8, 4) is 0 Å². The molecule has 1 amide bonds. The fraction of sp³-hybridized carbons (Fsp3) is 0.875. The van der Waals surface area contributed by atoms with E-state index in [1.165, 1.54) is 0 Å². The molecule has 78 valence electrons. The Bertz CT molecular complexity index is 140. The van der Waals surface area contributed by atoms with Gasteiger partial charge in [0.1, 0.15) is 12.7 Å². The zero-order chi connectivity index (χ0) is 10.1. The van der Waals surface area contributed by atoms with Crippen molar-refractivity contribution in [1.29, 1.82) is 0 Å².